The van der Waals surface area contributed by atoms with E-state index >= 15 is 0 Å². The molecule has 1 atom stereocenters. The third-order valence-corrected chi connectivity index (χ3v) is 4.21. The fourth-order valence-corrected chi connectivity index (χ4v) is 3.23. The molecule has 1 aliphatic rings. The van der Waals surface area contributed by atoms with Crippen molar-refractivity contribution >= 4 is 28.7 Å². The molecule has 2 heterocycles. The summed E-state index contributed by atoms with van der Waals surface area (Å²) in [6.45, 7) is 6.96. The Kier molecular flexibility index (Phi) is 4.23. The minimum absolute atomic E-state index is 0.184. The summed E-state index contributed by atoms with van der Waals surface area (Å²) in [4.78, 5) is 18.6. The number of likely N-dealkylation sites (tertiary alicyclic amines) is 1. The zero-order valence-corrected chi connectivity index (χ0v) is 14.5. The Morgan fingerprint density at radius 2 is 2.13 bits per heavy atom. The molecule has 0 N–H and O–H groups in total. The van der Waals surface area contributed by atoms with E-state index in [9.17, 15) is 4.79 Å². The van der Waals surface area contributed by atoms with E-state index in [1.807, 2.05) is 39.0 Å². The number of hydrogen-bond donors (Lipinski definition) is 0. The Balaban J connectivity index is 1.83. The van der Waals surface area contributed by atoms with Crippen LogP contribution in [0.25, 0.3) is 11.0 Å². The van der Waals surface area contributed by atoms with Crippen molar-refractivity contribution in [1.29, 1.82) is 0 Å². The summed E-state index contributed by atoms with van der Waals surface area (Å²) in [7, 11) is 0. The molecule has 124 valence electrons. The fourth-order valence-electron chi connectivity index (χ4n) is 3.04. The molecule has 0 bridgehead atoms. The number of amides is 1. The molecule has 23 heavy (non-hydrogen) atoms. The number of ether oxygens (including phenoxy) is 1. The first-order chi connectivity index (χ1) is 10.9. The molecule has 1 aliphatic heterocycles. The van der Waals surface area contributed by atoms with Gasteiger partial charge in [0, 0.05) is 13.1 Å². The SMILES string of the molecule is CC(C)(C)OC(=O)N1CCC(n2c(CCl)nc3ccccc32)C1. The van der Waals surface area contributed by atoms with Crippen LogP contribution < -0.4 is 0 Å². The largest absolute Gasteiger partial charge is 0.444 e. The summed E-state index contributed by atoms with van der Waals surface area (Å²) in [5.74, 6) is 1.21. The molecule has 0 spiro atoms. The van der Waals surface area contributed by atoms with Crippen LogP contribution in [-0.4, -0.2) is 39.2 Å². The second kappa shape index (κ2) is 6.04. The molecule has 2 aromatic rings. The van der Waals surface area contributed by atoms with E-state index < -0.39 is 5.60 Å². The smallest absolute Gasteiger partial charge is 0.410 e. The van der Waals surface area contributed by atoms with Gasteiger partial charge < -0.3 is 14.2 Å². The van der Waals surface area contributed by atoms with Gasteiger partial charge in [-0.1, -0.05) is 12.1 Å². The van der Waals surface area contributed by atoms with E-state index in [2.05, 4.69) is 15.6 Å². The molecule has 1 aromatic heterocycles. The summed E-state index contributed by atoms with van der Waals surface area (Å²) in [5, 5.41) is 0. The highest BCUT2D eigenvalue weighted by molar-refractivity contribution is 6.16. The molecule has 0 aliphatic carbocycles. The highest BCUT2D eigenvalue weighted by Gasteiger charge is 2.32. The van der Waals surface area contributed by atoms with Gasteiger partial charge in [-0.2, -0.15) is 0 Å². The van der Waals surface area contributed by atoms with Crippen molar-refractivity contribution in [3.63, 3.8) is 0 Å². The van der Waals surface area contributed by atoms with Gasteiger partial charge in [0.15, 0.2) is 0 Å². The molecular formula is C17H22ClN3O2. The molecule has 5 nitrogen and oxygen atoms in total. The Morgan fingerprint density at radius 1 is 1.39 bits per heavy atom. The summed E-state index contributed by atoms with van der Waals surface area (Å²) in [5.41, 5.74) is 1.54. The third kappa shape index (κ3) is 3.29. The lowest BCUT2D eigenvalue weighted by Gasteiger charge is -2.24. The average Bonchev–Trinajstić information content (AvgIpc) is 3.09. The number of aromatic nitrogens is 2. The van der Waals surface area contributed by atoms with Crippen molar-refractivity contribution in [2.45, 2.75) is 44.7 Å². The second-order valence-electron chi connectivity index (χ2n) is 6.89. The number of hydrogen-bond acceptors (Lipinski definition) is 3. The van der Waals surface area contributed by atoms with E-state index in [1.54, 1.807) is 4.90 Å². The standard InChI is InChI=1S/C17H22ClN3O2/c1-17(2,3)23-16(22)20-9-8-12(11-20)21-14-7-5-4-6-13(14)19-15(21)10-18/h4-7,12H,8-11H2,1-3H3. The molecule has 0 saturated carbocycles. The molecule has 1 amide bonds. The fraction of sp³-hybridized carbons (Fsp3) is 0.529. The van der Waals surface area contributed by atoms with Crippen molar-refractivity contribution in [2.24, 2.45) is 0 Å². The molecule has 1 aromatic carbocycles. The van der Waals surface area contributed by atoms with Crippen molar-refractivity contribution in [2.75, 3.05) is 13.1 Å². The van der Waals surface area contributed by atoms with Crippen LogP contribution in [0.3, 0.4) is 0 Å². The first kappa shape index (κ1) is 16.1. The Labute approximate surface area is 141 Å². The number of benzene rings is 1. The summed E-state index contributed by atoms with van der Waals surface area (Å²) in [6.07, 6.45) is 0.626. The summed E-state index contributed by atoms with van der Waals surface area (Å²) >= 11 is 6.08. The van der Waals surface area contributed by atoms with Crippen molar-refractivity contribution in [3.8, 4) is 0 Å². The minimum Gasteiger partial charge on any atom is -0.444 e. The van der Waals surface area contributed by atoms with Gasteiger partial charge in [-0.05, 0) is 39.3 Å². The summed E-state index contributed by atoms with van der Waals surface area (Å²) in [6, 6.07) is 8.19. The number of fused-ring (bicyclic) bond motifs is 1. The monoisotopic (exact) mass is 335 g/mol. The normalized spacial score (nSPS) is 18.6. The first-order valence-corrected chi connectivity index (χ1v) is 8.42. The zero-order chi connectivity index (χ0) is 16.6. The summed E-state index contributed by atoms with van der Waals surface area (Å²) < 4.78 is 7.64. The quantitative estimate of drug-likeness (QED) is 0.780. The average molecular weight is 336 g/mol. The number of carbonyl (C=O) groups excluding carboxylic acids is 1. The van der Waals surface area contributed by atoms with Crippen LogP contribution >= 0.6 is 11.6 Å². The van der Waals surface area contributed by atoms with Crippen LogP contribution in [0.2, 0.25) is 0 Å². The number of rotatable bonds is 2. The van der Waals surface area contributed by atoms with E-state index in [1.165, 1.54) is 0 Å². The van der Waals surface area contributed by atoms with Gasteiger partial charge in [-0.3, -0.25) is 0 Å². The van der Waals surface area contributed by atoms with E-state index in [4.69, 9.17) is 16.3 Å². The van der Waals surface area contributed by atoms with Crippen LogP contribution in [0.4, 0.5) is 4.79 Å². The second-order valence-corrected chi connectivity index (χ2v) is 7.16. The zero-order valence-electron chi connectivity index (χ0n) is 13.8. The van der Waals surface area contributed by atoms with Gasteiger partial charge in [-0.15, -0.1) is 11.6 Å². The maximum atomic E-state index is 12.2. The van der Waals surface area contributed by atoms with Crippen molar-refractivity contribution in [1.82, 2.24) is 14.5 Å². The van der Waals surface area contributed by atoms with Gasteiger partial charge in [0.05, 0.1) is 23.0 Å². The lowest BCUT2D eigenvalue weighted by Crippen LogP contribution is -2.35. The van der Waals surface area contributed by atoms with Crippen molar-refractivity contribution < 1.29 is 9.53 Å². The predicted octanol–water partition coefficient (Wildman–Crippen LogP) is 3.96. The molecule has 6 heteroatoms. The highest BCUT2D eigenvalue weighted by atomic mass is 35.5. The van der Waals surface area contributed by atoms with Crippen LogP contribution in [0.15, 0.2) is 24.3 Å². The Morgan fingerprint density at radius 3 is 2.83 bits per heavy atom. The van der Waals surface area contributed by atoms with Crippen LogP contribution in [-0.2, 0) is 10.6 Å². The maximum Gasteiger partial charge on any atom is 0.410 e. The molecular weight excluding hydrogens is 314 g/mol. The first-order valence-electron chi connectivity index (χ1n) is 7.89. The molecule has 1 saturated heterocycles. The number of carbonyl (C=O) groups is 1. The van der Waals surface area contributed by atoms with Gasteiger partial charge >= 0.3 is 6.09 Å². The van der Waals surface area contributed by atoms with Gasteiger partial charge in [0.2, 0.25) is 0 Å². The molecule has 1 unspecified atom stereocenters. The third-order valence-electron chi connectivity index (χ3n) is 3.97. The van der Waals surface area contributed by atoms with Crippen molar-refractivity contribution in [3.05, 3.63) is 30.1 Å². The molecule has 1 fully saturated rings. The van der Waals surface area contributed by atoms with Crippen LogP contribution in [0.1, 0.15) is 39.1 Å². The number of alkyl halides is 1. The number of nitrogens with zero attached hydrogens (tertiary/aromatic N) is 3. The Bertz CT molecular complexity index is 720. The minimum atomic E-state index is -0.474. The lowest BCUT2D eigenvalue weighted by molar-refractivity contribution is 0.0289. The maximum absolute atomic E-state index is 12.2. The van der Waals surface area contributed by atoms with E-state index in [0.29, 0.717) is 19.0 Å². The van der Waals surface area contributed by atoms with Gasteiger partial charge in [-0.25, -0.2) is 9.78 Å². The van der Waals surface area contributed by atoms with E-state index in [0.717, 1.165) is 23.3 Å². The van der Waals surface area contributed by atoms with Crippen LogP contribution in [0, 0.1) is 0 Å². The lowest BCUT2D eigenvalue weighted by atomic mass is 10.2. The highest BCUT2D eigenvalue weighted by Crippen LogP contribution is 2.29. The number of halogens is 1. The number of imidazole rings is 1. The Hall–Kier alpha value is -1.75. The topological polar surface area (TPSA) is 47.4 Å². The van der Waals surface area contributed by atoms with Gasteiger partial charge in [0.1, 0.15) is 11.4 Å². The van der Waals surface area contributed by atoms with E-state index in [-0.39, 0.29) is 12.1 Å². The number of para-hydroxylation sites is 2. The predicted molar refractivity (Wildman–Crippen MR) is 90.8 cm³/mol. The molecule has 3 rings (SSSR count). The van der Waals surface area contributed by atoms with Gasteiger partial charge in [0.25, 0.3) is 0 Å². The van der Waals surface area contributed by atoms with Crippen LogP contribution in [0.5, 0.6) is 0 Å². The molecule has 0 radical (unpaired) electrons.